The maximum absolute atomic E-state index is 11.2. The molecule has 0 saturated carbocycles. The maximum atomic E-state index is 11.2. The summed E-state index contributed by atoms with van der Waals surface area (Å²) < 4.78 is 31.3. The van der Waals surface area contributed by atoms with Crippen molar-refractivity contribution < 1.29 is 13.2 Å². The first kappa shape index (κ1) is 16.3. The number of thiazole rings is 1. The molecule has 1 aromatic heterocycles. The van der Waals surface area contributed by atoms with Crippen molar-refractivity contribution in [2.75, 3.05) is 25.9 Å². The Kier molecular flexibility index (Phi) is 4.84. The van der Waals surface area contributed by atoms with Crippen molar-refractivity contribution >= 4 is 21.4 Å². The van der Waals surface area contributed by atoms with E-state index >= 15 is 0 Å². The van der Waals surface area contributed by atoms with Gasteiger partial charge in [0.1, 0.15) is 5.01 Å². The minimum absolute atomic E-state index is 0.0108. The third-order valence-corrected chi connectivity index (χ3v) is 5.84. The molecule has 1 spiro atoms. The number of hydrogen-bond acceptors (Lipinski definition) is 6. The zero-order chi connectivity index (χ0) is 15.6. The summed E-state index contributed by atoms with van der Waals surface area (Å²) in [6.45, 7) is 3.20. The SMILES string of the molecule is CS(=O)(=O)NC[C@@H]1CCC[C@]2(CCN(Cc3nccs3)C2)O1. The maximum Gasteiger partial charge on any atom is 0.208 e. The third kappa shape index (κ3) is 4.26. The highest BCUT2D eigenvalue weighted by molar-refractivity contribution is 7.88. The second-order valence-electron chi connectivity index (χ2n) is 6.32. The molecular weight excluding hydrogens is 322 g/mol. The zero-order valence-corrected chi connectivity index (χ0v) is 14.5. The molecule has 2 aliphatic rings. The quantitative estimate of drug-likeness (QED) is 0.868. The van der Waals surface area contributed by atoms with Crippen molar-refractivity contribution in [2.45, 2.75) is 43.9 Å². The van der Waals surface area contributed by atoms with Gasteiger partial charge in [0.2, 0.25) is 10.0 Å². The Labute approximate surface area is 135 Å². The predicted octanol–water partition coefficient (Wildman–Crippen LogP) is 1.21. The van der Waals surface area contributed by atoms with E-state index in [9.17, 15) is 8.42 Å². The van der Waals surface area contributed by atoms with Gasteiger partial charge in [-0.25, -0.2) is 18.1 Å². The predicted molar refractivity (Wildman–Crippen MR) is 86.3 cm³/mol. The van der Waals surface area contributed by atoms with Gasteiger partial charge >= 0.3 is 0 Å². The van der Waals surface area contributed by atoms with Crippen LogP contribution in [0.25, 0.3) is 0 Å². The van der Waals surface area contributed by atoms with E-state index in [1.165, 1.54) is 6.26 Å². The Bertz CT molecular complexity index is 590. The lowest BCUT2D eigenvalue weighted by Crippen LogP contribution is -2.46. The summed E-state index contributed by atoms with van der Waals surface area (Å²) in [6.07, 6.45) is 7.14. The molecule has 0 amide bonds. The summed E-state index contributed by atoms with van der Waals surface area (Å²) in [7, 11) is -3.15. The first-order chi connectivity index (χ1) is 10.4. The third-order valence-electron chi connectivity index (χ3n) is 4.39. The van der Waals surface area contributed by atoms with E-state index in [1.807, 2.05) is 11.6 Å². The lowest BCUT2D eigenvalue weighted by Gasteiger charge is -2.38. The summed E-state index contributed by atoms with van der Waals surface area (Å²) in [5, 5.41) is 3.15. The Morgan fingerprint density at radius 2 is 2.41 bits per heavy atom. The second-order valence-corrected chi connectivity index (χ2v) is 9.13. The van der Waals surface area contributed by atoms with E-state index < -0.39 is 10.0 Å². The average Bonchev–Trinajstić information content (AvgIpc) is 3.08. The van der Waals surface area contributed by atoms with Crippen LogP contribution in [0.3, 0.4) is 0 Å². The van der Waals surface area contributed by atoms with Gasteiger partial charge < -0.3 is 4.74 Å². The van der Waals surface area contributed by atoms with Gasteiger partial charge in [-0.1, -0.05) is 0 Å². The Hall–Kier alpha value is -0.540. The van der Waals surface area contributed by atoms with Crippen molar-refractivity contribution in [3.05, 3.63) is 16.6 Å². The topological polar surface area (TPSA) is 71.5 Å². The Morgan fingerprint density at radius 3 is 3.14 bits per heavy atom. The van der Waals surface area contributed by atoms with Crippen LogP contribution >= 0.6 is 11.3 Å². The monoisotopic (exact) mass is 345 g/mol. The molecule has 3 rings (SSSR count). The molecule has 3 heterocycles. The van der Waals surface area contributed by atoms with Crippen LogP contribution in [0.15, 0.2) is 11.6 Å². The van der Waals surface area contributed by atoms with Crippen LogP contribution in [-0.4, -0.2) is 55.9 Å². The first-order valence-electron chi connectivity index (χ1n) is 7.67. The van der Waals surface area contributed by atoms with Crippen LogP contribution in [0.4, 0.5) is 0 Å². The number of aromatic nitrogens is 1. The molecule has 0 unspecified atom stereocenters. The van der Waals surface area contributed by atoms with Crippen LogP contribution in [0, 0.1) is 0 Å². The van der Waals surface area contributed by atoms with Gasteiger partial charge in [-0.15, -0.1) is 11.3 Å². The largest absolute Gasteiger partial charge is 0.369 e. The highest BCUT2D eigenvalue weighted by Gasteiger charge is 2.43. The molecular formula is C14H23N3O3S2. The van der Waals surface area contributed by atoms with Gasteiger partial charge in [-0.3, -0.25) is 4.90 Å². The van der Waals surface area contributed by atoms with Crippen molar-refractivity contribution in [1.82, 2.24) is 14.6 Å². The van der Waals surface area contributed by atoms with Gasteiger partial charge in [0.15, 0.2) is 0 Å². The van der Waals surface area contributed by atoms with E-state index in [4.69, 9.17) is 4.74 Å². The van der Waals surface area contributed by atoms with Gasteiger partial charge in [-0.2, -0.15) is 0 Å². The molecule has 124 valence electrons. The number of likely N-dealkylation sites (tertiary alicyclic amines) is 1. The smallest absolute Gasteiger partial charge is 0.208 e. The molecule has 0 bridgehead atoms. The summed E-state index contributed by atoms with van der Waals surface area (Å²) >= 11 is 1.69. The summed E-state index contributed by atoms with van der Waals surface area (Å²) in [6, 6.07) is 0. The second kappa shape index (κ2) is 6.52. The first-order valence-corrected chi connectivity index (χ1v) is 10.4. The number of sulfonamides is 1. The van der Waals surface area contributed by atoms with Crippen molar-refractivity contribution in [3.8, 4) is 0 Å². The minimum Gasteiger partial charge on any atom is -0.369 e. The van der Waals surface area contributed by atoms with E-state index in [0.717, 1.165) is 50.3 Å². The minimum atomic E-state index is -3.15. The van der Waals surface area contributed by atoms with E-state index in [-0.39, 0.29) is 11.7 Å². The lowest BCUT2D eigenvalue weighted by molar-refractivity contribution is -0.118. The molecule has 22 heavy (non-hydrogen) atoms. The van der Waals surface area contributed by atoms with Crippen molar-refractivity contribution in [2.24, 2.45) is 0 Å². The van der Waals surface area contributed by atoms with Gasteiger partial charge in [0, 0.05) is 31.2 Å². The number of hydrogen-bond donors (Lipinski definition) is 1. The molecule has 8 heteroatoms. The fraction of sp³-hybridized carbons (Fsp3) is 0.786. The molecule has 2 aliphatic heterocycles. The Balaban J connectivity index is 1.55. The van der Waals surface area contributed by atoms with Crippen LogP contribution in [-0.2, 0) is 21.3 Å². The average molecular weight is 345 g/mol. The van der Waals surface area contributed by atoms with E-state index in [0.29, 0.717) is 6.54 Å². The molecule has 0 aliphatic carbocycles. The highest BCUT2D eigenvalue weighted by atomic mass is 32.2. The Morgan fingerprint density at radius 1 is 1.55 bits per heavy atom. The van der Waals surface area contributed by atoms with Crippen molar-refractivity contribution in [1.29, 1.82) is 0 Å². The van der Waals surface area contributed by atoms with Gasteiger partial charge in [0.05, 0.1) is 24.5 Å². The highest BCUT2D eigenvalue weighted by Crippen LogP contribution is 2.37. The zero-order valence-electron chi connectivity index (χ0n) is 12.8. The number of rotatable bonds is 5. The van der Waals surface area contributed by atoms with Gasteiger partial charge in [-0.05, 0) is 25.7 Å². The van der Waals surface area contributed by atoms with E-state index in [2.05, 4.69) is 14.6 Å². The molecule has 0 radical (unpaired) electrons. The summed E-state index contributed by atoms with van der Waals surface area (Å²) in [4.78, 5) is 6.74. The summed E-state index contributed by atoms with van der Waals surface area (Å²) in [5.41, 5.74) is -0.0979. The fourth-order valence-electron chi connectivity index (χ4n) is 3.40. The lowest BCUT2D eigenvalue weighted by atomic mass is 9.90. The molecule has 2 fully saturated rings. The molecule has 1 N–H and O–H groups in total. The van der Waals surface area contributed by atoms with Crippen LogP contribution in [0.2, 0.25) is 0 Å². The number of nitrogens with one attached hydrogen (secondary N) is 1. The number of nitrogens with zero attached hydrogens (tertiary/aromatic N) is 2. The summed E-state index contributed by atoms with van der Waals surface area (Å²) in [5.74, 6) is 0. The standard InChI is InChI=1S/C14H23N3O3S2/c1-22(18,19)16-9-12-3-2-4-14(20-12)5-7-17(11-14)10-13-15-6-8-21-13/h6,8,12,16H,2-5,7,9-11H2,1H3/t12-,14+/m0/s1. The van der Waals surface area contributed by atoms with Crippen LogP contribution in [0.1, 0.15) is 30.7 Å². The van der Waals surface area contributed by atoms with Crippen molar-refractivity contribution in [3.63, 3.8) is 0 Å². The fourth-order valence-corrected chi connectivity index (χ4v) is 4.54. The molecule has 2 atom stereocenters. The molecule has 1 aromatic rings. The van der Waals surface area contributed by atoms with E-state index in [1.54, 1.807) is 11.3 Å². The van der Waals surface area contributed by atoms with Crippen LogP contribution in [0.5, 0.6) is 0 Å². The number of ether oxygens (including phenoxy) is 1. The molecule has 0 aromatic carbocycles. The van der Waals surface area contributed by atoms with Gasteiger partial charge in [0.25, 0.3) is 0 Å². The molecule has 6 nitrogen and oxygen atoms in total. The normalized spacial score (nSPS) is 30.1. The van der Waals surface area contributed by atoms with Crippen LogP contribution < -0.4 is 4.72 Å². The molecule has 2 saturated heterocycles.